The van der Waals surface area contributed by atoms with Crippen molar-refractivity contribution in [1.29, 1.82) is 0 Å². The van der Waals surface area contributed by atoms with E-state index in [-0.39, 0.29) is 24.3 Å². The molecule has 2 aromatic rings. The molecule has 4 rings (SSSR count). The molecule has 0 bridgehead atoms. The summed E-state index contributed by atoms with van der Waals surface area (Å²) >= 11 is 6.43. The van der Waals surface area contributed by atoms with Gasteiger partial charge in [0.25, 0.3) is 11.8 Å². The number of fused-ring (bicyclic) bond motifs is 1. The standard InChI is InChI=1S/C22H19N3O3S2/c1-3-24-21(28)19(30-22(24)29)18-14-9-5-7-11-16(14)25(20(18)27)12-17(26)23-15-10-6-4-8-13(15)2/h4-11H,3,12H2,1-2H3,(H,23,26)/b19-18-. The second kappa shape index (κ2) is 8.04. The first-order valence-corrected chi connectivity index (χ1v) is 10.7. The first kappa shape index (κ1) is 20.3. The van der Waals surface area contributed by atoms with Crippen molar-refractivity contribution in [2.45, 2.75) is 13.8 Å². The average Bonchev–Trinajstić information content (AvgIpc) is 3.16. The normalized spacial score (nSPS) is 18.3. The first-order valence-electron chi connectivity index (χ1n) is 9.47. The van der Waals surface area contributed by atoms with Crippen LogP contribution in [0.4, 0.5) is 11.4 Å². The molecule has 0 unspecified atom stereocenters. The number of para-hydroxylation sites is 2. The molecule has 0 spiro atoms. The lowest BCUT2D eigenvalue weighted by molar-refractivity contribution is -0.122. The number of likely N-dealkylation sites (N-methyl/N-ethyl adjacent to an activating group) is 1. The lowest BCUT2D eigenvalue weighted by Gasteiger charge is -2.17. The minimum atomic E-state index is -0.368. The molecule has 8 heteroatoms. The molecule has 6 nitrogen and oxygen atoms in total. The summed E-state index contributed by atoms with van der Waals surface area (Å²) in [4.78, 5) is 42.0. The van der Waals surface area contributed by atoms with E-state index in [0.29, 0.717) is 38.3 Å². The molecule has 30 heavy (non-hydrogen) atoms. The largest absolute Gasteiger partial charge is 0.324 e. The summed E-state index contributed by atoms with van der Waals surface area (Å²) in [7, 11) is 0. The number of nitrogens with zero attached hydrogens (tertiary/aromatic N) is 2. The molecule has 1 saturated heterocycles. The Morgan fingerprint density at radius 3 is 2.43 bits per heavy atom. The fraction of sp³-hybridized carbons (Fsp3) is 0.182. The summed E-state index contributed by atoms with van der Waals surface area (Å²) in [5, 5.41) is 2.85. The van der Waals surface area contributed by atoms with Crippen molar-refractivity contribution in [3.63, 3.8) is 0 Å². The average molecular weight is 438 g/mol. The van der Waals surface area contributed by atoms with Crippen molar-refractivity contribution in [1.82, 2.24) is 4.90 Å². The molecule has 1 N–H and O–H groups in total. The van der Waals surface area contributed by atoms with Crippen LogP contribution in [0.3, 0.4) is 0 Å². The smallest absolute Gasteiger partial charge is 0.266 e. The van der Waals surface area contributed by atoms with E-state index in [0.717, 1.165) is 17.3 Å². The van der Waals surface area contributed by atoms with Crippen LogP contribution in [0, 0.1) is 6.92 Å². The van der Waals surface area contributed by atoms with Crippen molar-refractivity contribution in [2.24, 2.45) is 0 Å². The fourth-order valence-electron chi connectivity index (χ4n) is 3.53. The second-order valence-electron chi connectivity index (χ2n) is 6.89. The Morgan fingerprint density at radius 2 is 1.73 bits per heavy atom. The van der Waals surface area contributed by atoms with Crippen molar-refractivity contribution in [2.75, 3.05) is 23.3 Å². The van der Waals surface area contributed by atoms with Crippen molar-refractivity contribution >= 4 is 63.0 Å². The Labute approximate surface area is 183 Å². The number of nitrogens with one attached hydrogen (secondary N) is 1. The van der Waals surface area contributed by atoms with Crippen LogP contribution < -0.4 is 10.2 Å². The number of hydrogen-bond donors (Lipinski definition) is 1. The third-order valence-electron chi connectivity index (χ3n) is 5.04. The van der Waals surface area contributed by atoms with E-state index in [9.17, 15) is 14.4 Å². The third kappa shape index (κ3) is 3.42. The summed E-state index contributed by atoms with van der Waals surface area (Å²) < 4.78 is 0.436. The van der Waals surface area contributed by atoms with Gasteiger partial charge in [-0.3, -0.25) is 24.2 Å². The molecule has 2 aliphatic heterocycles. The molecule has 0 atom stereocenters. The van der Waals surface area contributed by atoms with Crippen LogP contribution in [0.15, 0.2) is 53.4 Å². The topological polar surface area (TPSA) is 69.7 Å². The van der Waals surface area contributed by atoms with Crippen molar-refractivity contribution in [3.8, 4) is 0 Å². The van der Waals surface area contributed by atoms with Gasteiger partial charge in [0.05, 0.1) is 16.2 Å². The molecule has 2 aliphatic rings. The number of carbonyl (C=O) groups excluding carboxylic acids is 3. The Morgan fingerprint density at radius 1 is 1.03 bits per heavy atom. The molecular weight excluding hydrogens is 418 g/mol. The van der Waals surface area contributed by atoms with Gasteiger partial charge < -0.3 is 5.32 Å². The molecule has 152 valence electrons. The highest BCUT2D eigenvalue weighted by molar-refractivity contribution is 8.26. The van der Waals surface area contributed by atoms with Gasteiger partial charge in [-0.2, -0.15) is 0 Å². The zero-order valence-electron chi connectivity index (χ0n) is 16.5. The van der Waals surface area contributed by atoms with E-state index in [2.05, 4.69) is 5.32 Å². The fourth-order valence-corrected chi connectivity index (χ4v) is 4.98. The van der Waals surface area contributed by atoms with Gasteiger partial charge in [-0.25, -0.2) is 0 Å². The molecule has 2 heterocycles. The Kier molecular flexibility index (Phi) is 5.44. The predicted octanol–water partition coefficient (Wildman–Crippen LogP) is 3.57. The molecule has 1 fully saturated rings. The van der Waals surface area contributed by atoms with Crippen LogP contribution in [0.2, 0.25) is 0 Å². The molecule has 3 amide bonds. The van der Waals surface area contributed by atoms with Crippen molar-refractivity contribution in [3.05, 3.63) is 64.6 Å². The van der Waals surface area contributed by atoms with Gasteiger partial charge in [-0.1, -0.05) is 60.4 Å². The van der Waals surface area contributed by atoms with E-state index in [4.69, 9.17) is 12.2 Å². The summed E-state index contributed by atoms with van der Waals surface area (Å²) in [5.41, 5.74) is 3.19. The van der Waals surface area contributed by atoms with Gasteiger partial charge >= 0.3 is 0 Å². The lowest BCUT2D eigenvalue weighted by atomic mass is 10.1. The number of anilines is 2. The van der Waals surface area contributed by atoms with E-state index in [1.54, 1.807) is 18.2 Å². The molecular formula is C22H19N3O3S2. The zero-order chi connectivity index (χ0) is 21.4. The number of thioether (sulfide) groups is 1. The van der Waals surface area contributed by atoms with E-state index >= 15 is 0 Å². The van der Waals surface area contributed by atoms with Gasteiger partial charge in [-0.15, -0.1) is 0 Å². The van der Waals surface area contributed by atoms with Gasteiger partial charge in [0.2, 0.25) is 5.91 Å². The second-order valence-corrected chi connectivity index (χ2v) is 8.54. The first-order chi connectivity index (χ1) is 14.4. The van der Waals surface area contributed by atoms with Gasteiger partial charge in [0, 0.05) is 17.8 Å². The Bertz CT molecular complexity index is 1130. The maximum atomic E-state index is 13.3. The van der Waals surface area contributed by atoms with Crippen LogP contribution in [-0.4, -0.2) is 40.0 Å². The third-order valence-corrected chi connectivity index (χ3v) is 6.48. The van der Waals surface area contributed by atoms with Gasteiger partial charge in [0.15, 0.2) is 0 Å². The summed E-state index contributed by atoms with van der Waals surface area (Å²) in [6.45, 7) is 4.03. The number of rotatable bonds is 4. The predicted molar refractivity (Wildman–Crippen MR) is 123 cm³/mol. The van der Waals surface area contributed by atoms with Gasteiger partial charge in [0.1, 0.15) is 10.9 Å². The van der Waals surface area contributed by atoms with E-state index < -0.39 is 0 Å². The molecule has 2 aromatic carbocycles. The number of aryl methyl sites for hydroxylation is 1. The van der Waals surface area contributed by atoms with Gasteiger partial charge in [-0.05, 0) is 31.5 Å². The minimum absolute atomic E-state index is 0.151. The summed E-state index contributed by atoms with van der Waals surface area (Å²) in [6.07, 6.45) is 0. The van der Waals surface area contributed by atoms with Crippen LogP contribution >= 0.6 is 24.0 Å². The number of thiocarbonyl (C=S) groups is 1. The highest BCUT2D eigenvalue weighted by atomic mass is 32.2. The summed E-state index contributed by atoms with van der Waals surface area (Å²) in [6, 6.07) is 14.6. The molecule has 0 radical (unpaired) electrons. The molecule has 0 aromatic heterocycles. The number of benzene rings is 2. The summed E-state index contributed by atoms with van der Waals surface area (Å²) in [5.74, 6) is -0.945. The quantitative estimate of drug-likeness (QED) is 0.585. The molecule has 0 saturated carbocycles. The van der Waals surface area contributed by atoms with Crippen LogP contribution in [0.25, 0.3) is 5.57 Å². The maximum absolute atomic E-state index is 13.3. The Hall–Kier alpha value is -2.97. The zero-order valence-corrected chi connectivity index (χ0v) is 18.1. The monoisotopic (exact) mass is 437 g/mol. The SMILES string of the molecule is CCN1C(=O)/C(=C2/C(=O)N(CC(=O)Nc3ccccc3C)c3ccccc32)SC1=S. The van der Waals surface area contributed by atoms with E-state index in [1.807, 2.05) is 44.2 Å². The highest BCUT2D eigenvalue weighted by Crippen LogP contribution is 2.44. The van der Waals surface area contributed by atoms with Crippen LogP contribution in [-0.2, 0) is 14.4 Å². The number of hydrogen-bond acceptors (Lipinski definition) is 5. The van der Waals surface area contributed by atoms with Crippen LogP contribution in [0.1, 0.15) is 18.1 Å². The van der Waals surface area contributed by atoms with Crippen molar-refractivity contribution < 1.29 is 14.4 Å². The van der Waals surface area contributed by atoms with E-state index in [1.165, 1.54) is 9.80 Å². The highest BCUT2D eigenvalue weighted by Gasteiger charge is 2.41. The number of amides is 3. The number of carbonyl (C=O) groups is 3. The lowest BCUT2D eigenvalue weighted by Crippen LogP contribution is -2.35. The molecule has 0 aliphatic carbocycles. The Balaban J connectivity index is 1.67. The maximum Gasteiger partial charge on any atom is 0.266 e. The van der Waals surface area contributed by atoms with Crippen LogP contribution in [0.5, 0.6) is 0 Å². The minimum Gasteiger partial charge on any atom is -0.324 e.